The first-order valence-electron chi connectivity index (χ1n) is 10.6. The molecule has 0 saturated heterocycles. The van der Waals surface area contributed by atoms with Gasteiger partial charge < -0.3 is 4.90 Å². The number of carbonyl (C=O) groups is 1. The minimum Gasteiger partial charge on any atom is -0.344 e. The fourth-order valence-electron chi connectivity index (χ4n) is 6.79. The zero-order valence-corrected chi connectivity index (χ0v) is 16.9. The molecule has 1 heterocycles. The van der Waals surface area contributed by atoms with E-state index in [2.05, 4.69) is 4.98 Å². The standard InChI is InChI=1S/C23H29N3O2/c1-15-4-3-5-19-21(15)24-14-26(22(19)28)12-20(27)25(2)13-23-9-16-6-17(10-23)8-18(7-16)11-23/h3-5,14,16-18H,6-13H2,1-2H3. The summed E-state index contributed by atoms with van der Waals surface area (Å²) in [4.78, 5) is 32.0. The SMILES string of the molecule is Cc1cccc2c(=O)n(CC(=O)N(C)CC34CC5CC(CC(C5)C3)C4)cnc12. The molecule has 1 aromatic heterocycles. The zero-order valence-electron chi connectivity index (χ0n) is 16.9. The summed E-state index contributed by atoms with van der Waals surface area (Å²) in [5, 5.41) is 0.582. The van der Waals surface area contributed by atoms with Gasteiger partial charge in [0.05, 0.1) is 17.2 Å². The summed E-state index contributed by atoms with van der Waals surface area (Å²) in [6.45, 7) is 2.85. The summed E-state index contributed by atoms with van der Waals surface area (Å²) < 4.78 is 1.46. The third-order valence-corrected chi connectivity index (χ3v) is 7.52. The van der Waals surface area contributed by atoms with Crippen LogP contribution in [0.25, 0.3) is 10.9 Å². The van der Waals surface area contributed by atoms with E-state index in [1.54, 1.807) is 6.07 Å². The molecule has 5 heteroatoms. The van der Waals surface area contributed by atoms with Crippen molar-refractivity contribution in [3.05, 3.63) is 40.4 Å². The topological polar surface area (TPSA) is 55.2 Å². The third-order valence-electron chi connectivity index (χ3n) is 7.52. The highest BCUT2D eigenvalue weighted by atomic mass is 16.2. The highest BCUT2D eigenvalue weighted by molar-refractivity contribution is 5.81. The molecule has 0 aliphatic heterocycles. The average molecular weight is 380 g/mol. The molecule has 4 aliphatic carbocycles. The van der Waals surface area contributed by atoms with Crippen molar-refractivity contribution >= 4 is 16.8 Å². The van der Waals surface area contributed by atoms with E-state index in [4.69, 9.17) is 0 Å². The third kappa shape index (κ3) is 2.96. The Bertz CT molecular complexity index is 958. The molecule has 0 spiro atoms. The number of benzene rings is 1. The first kappa shape index (κ1) is 17.9. The zero-order chi connectivity index (χ0) is 19.5. The van der Waals surface area contributed by atoms with Crippen LogP contribution in [0.5, 0.6) is 0 Å². The fraction of sp³-hybridized carbons (Fsp3) is 0.609. The lowest BCUT2D eigenvalue weighted by molar-refractivity contribution is -0.136. The van der Waals surface area contributed by atoms with Gasteiger partial charge in [0.25, 0.3) is 5.56 Å². The van der Waals surface area contributed by atoms with Gasteiger partial charge in [-0.25, -0.2) is 4.98 Å². The maximum atomic E-state index is 12.9. The van der Waals surface area contributed by atoms with E-state index in [0.29, 0.717) is 10.8 Å². The molecule has 2 aromatic rings. The predicted molar refractivity (Wildman–Crippen MR) is 109 cm³/mol. The van der Waals surface area contributed by atoms with E-state index in [1.807, 2.05) is 31.0 Å². The summed E-state index contributed by atoms with van der Waals surface area (Å²) in [5.74, 6) is 2.65. The second-order valence-corrected chi connectivity index (χ2v) is 9.82. The molecule has 6 rings (SSSR count). The Hall–Kier alpha value is -2.17. The summed E-state index contributed by atoms with van der Waals surface area (Å²) in [5.41, 5.74) is 1.89. The van der Waals surface area contributed by atoms with Gasteiger partial charge in [-0.2, -0.15) is 0 Å². The Morgan fingerprint density at radius 2 is 1.82 bits per heavy atom. The lowest BCUT2D eigenvalue weighted by atomic mass is 9.49. The van der Waals surface area contributed by atoms with Gasteiger partial charge in [-0.1, -0.05) is 12.1 Å². The Morgan fingerprint density at radius 3 is 2.46 bits per heavy atom. The number of rotatable bonds is 4. The van der Waals surface area contributed by atoms with E-state index >= 15 is 0 Å². The van der Waals surface area contributed by atoms with Crippen LogP contribution in [0.4, 0.5) is 0 Å². The van der Waals surface area contributed by atoms with E-state index in [0.717, 1.165) is 35.4 Å². The molecule has 0 atom stereocenters. The Kier molecular flexibility index (Phi) is 4.11. The van der Waals surface area contributed by atoms with Crippen molar-refractivity contribution in [3.63, 3.8) is 0 Å². The second-order valence-electron chi connectivity index (χ2n) is 9.82. The van der Waals surface area contributed by atoms with Crippen LogP contribution in [0, 0.1) is 30.1 Å². The first-order chi connectivity index (χ1) is 13.4. The van der Waals surface area contributed by atoms with Crippen molar-refractivity contribution in [2.45, 2.75) is 52.0 Å². The lowest BCUT2D eigenvalue weighted by Gasteiger charge is -2.57. The highest BCUT2D eigenvalue weighted by Gasteiger charge is 2.51. The number of nitrogens with zero attached hydrogens (tertiary/aromatic N) is 3. The van der Waals surface area contributed by atoms with Crippen LogP contribution in [0.2, 0.25) is 0 Å². The molecule has 0 radical (unpaired) electrons. The van der Waals surface area contributed by atoms with Crippen LogP contribution < -0.4 is 5.56 Å². The number of hydrogen-bond donors (Lipinski definition) is 0. The molecule has 28 heavy (non-hydrogen) atoms. The summed E-state index contributed by atoms with van der Waals surface area (Å²) in [6, 6.07) is 5.60. The molecule has 1 aromatic carbocycles. The van der Waals surface area contributed by atoms with E-state index < -0.39 is 0 Å². The molecule has 1 amide bonds. The van der Waals surface area contributed by atoms with Gasteiger partial charge >= 0.3 is 0 Å². The molecular formula is C23H29N3O2. The predicted octanol–water partition coefficient (Wildman–Crippen LogP) is 3.38. The first-order valence-corrected chi connectivity index (χ1v) is 10.6. The van der Waals surface area contributed by atoms with Crippen molar-refractivity contribution in [2.75, 3.05) is 13.6 Å². The van der Waals surface area contributed by atoms with Crippen LogP contribution in [0.1, 0.15) is 44.1 Å². The summed E-state index contributed by atoms with van der Waals surface area (Å²) in [7, 11) is 1.91. The van der Waals surface area contributed by atoms with Crippen LogP contribution >= 0.6 is 0 Å². The van der Waals surface area contributed by atoms with E-state index in [-0.39, 0.29) is 18.0 Å². The Morgan fingerprint density at radius 1 is 1.18 bits per heavy atom. The molecule has 4 saturated carbocycles. The molecule has 0 N–H and O–H groups in total. The number of aromatic nitrogens is 2. The molecule has 4 bridgehead atoms. The number of fused-ring (bicyclic) bond motifs is 1. The van der Waals surface area contributed by atoms with Crippen LogP contribution in [0.15, 0.2) is 29.3 Å². The number of likely N-dealkylation sites (N-methyl/N-ethyl adjacent to an activating group) is 1. The van der Waals surface area contributed by atoms with Crippen molar-refractivity contribution in [3.8, 4) is 0 Å². The van der Waals surface area contributed by atoms with E-state index in [9.17, 15) is 9.59 Å². The molecule has 5 nitrogen and oxygen atoms in total. The van der Waals surface area contributed by atoms with Gasteiger partial charge in [0.1, 0.15) is 6.54 Å². The van der Waals surface area contributed by atoms with Gasteiger partial charge in [0.15, 0.2) is 0 Å². The quantitative estimate of drug-likeness (QED) is 0.818. The molecule has 4 aliphatic rings. The minimum atomic E-state index is -0.134. The van der Waals surface area contributed by atoms with Crippen molar-refractivity contribution in [1.29, 1.82) is 0 Å². The van der Waals surface area contributed by atoms with Crippen LogP contribution in [0.3, 0.4) is 0 Å². The fourth-order valence-corrected chi connectivity index (χ4v) is 6.79. The maximum absolute atomic E-state index is 12.9. The minimum absolute atomic E-state index is 0.00616. The van der Waals surface area contributed by atoms with Gasteiger partial charge in [-0.05, 0) is 80.2 Å². The largest absolute Gasteiger partial charge is 0.344 e. The monoisotopic (exact) mass is 379 g/mol. The van der Waals surface area contributed by atoms with Gasteiger partial charge in [0.2, 0.25) is 5.91 Å². The molecular weight excluding hydrogens is 350 g/mol. The van der Waals surface area contributed by atoms with Gasteiger partial charge in [-0.3, -0.25) is 14.2 Å². The van der Waals surface area contributed by atoms with Crippen molar-refractivity contribution in [1.82, 2.24) is 14.5 Å². The van der Waals surface area contributed by atoms with Gasteiger partial charge in [0, 0.05) is 13.6 Å². The Labute approximate surface area is 165 Å². The van der Waals surface area contributed by atoms with Crippen LogP contribution in [-0.4, -0.2) is 34.0 Å². The lowest BCUT2D eigenvalue weighted by Crippen LogP contribution is -2.51. The molecule has 148 valence electrons. The number of hydrogen-bond acceptors (Lipinski definition) is 3. The highest BCUT2D eigenvalue weighted by Crippen LogP contribution is 2.60. The Balaban J connectivity index is 1.33. The summed E-state index contributed by atoms with van der Waals surface area (Å²) in [6.07, 6.45) is 9.61. The van der Waals surface area contributed by atoms with Gasteiger partial charge in [-0.15, -0.1) is 0 Å². The maximum Gasteiger partial charge on any atom is 0.261 e. The second kappa shape index (κ2) is 6.43. The smallest absolute Gasteiger partial charge is 0.261 e. The average Bonchev–Trinajstić information content (AvgIpc) is 2.63. The number of para-hydroxylation sites is 1. The van der Waals surface area contributed by atoms with E-state index in [1.165, 1.54) is 49.4 Å². The number of carbonyl (C=O) groups excluding carboxylic acids is 1. The van der Waals surface area contributed by atoms with Crippen molar-refractivity contribution in [2.24, 2.45) is 23.2 Å². The van der Waals surface area contributed by atoms with Crippen LogP contribution in [-0.2, 0) is 11.3 Å². The van der Waals surface area contributed by atoms with Crippen molar-refractivity contribution < 1.29 is 4.79 Å². The number of amides is 1. The summed E-state index contributed by atoms with van der Waals surface area (Å²) >= 11 is 0. The number of aryl methyl sites for hydroxylation is 1. The normalized spacial score (nSPS) is 30.7. The molecule has 0 unspecified atom stereocenters. The molecule has 4 fully saturated rings.